The monoisotopic (exact) mass is 332 g/mol. The minimum Gasteiger partial charge on any atom is -0.451 e. The molecule has 0 radical (unpaired) electrons. The molecular weight excluding hydrogens is 315 g/mol. The number of ketones is 1. The first-order valence-electron chi connectivity index (χ1n) is 7.22. The molecule has 7 heteroatoms. The number of aromatic nitrogens is 1. The molecule has 0 spiro atoms. The molecule has 0 aliphatic carbocycles. The minimum atomic E-state index is -0.693. The van der Waals surface area contributed by atoms with E-state index in [1.165, 1.54) is 35.9 Å². The molecule has 0 saturated heterocycles. The largest absolute Gasteiger partial charge is 0.451 e. The number of rotatable bonds is 6. The average molecular weight is 332 g/mol. The Morgan fingerprint density at radius 1 is 1.21 bits per heavy atom. The summed E-state index contributed by atoms with van der Waals surface area (Å²) in [5.41, 5.74) is 1.31. The number of esters is 1. The Morgan fingerprint density at radius 2 is 1.88 bits per heavy atom. The fourth-order valence-electron chi connectivity index (χ4n) is 2.02. The number of halogens is 1. The average Bonchev–Trinajstić information content (AvgIpc) is 2.94. The van der Waals surface area contributed by atoms with Gasteiger partial charge < -0.3 is 14.6 Å². The van der Waals surface area contributed by atoms with E-state index in [0.29, 0.717) is 5.56 Å². The third-order valence-electron chi connectivity index (χ3n) is 3.36. The number of hydrogen-bond acceptors (Lipinski definition) is 4. The fraction of sp³-hybridized carbons (Fsp3) is 0.235. The summed E-state index contributed by atoms with van der Waals surface area (Å²) in [5, 5.41) is 2.56. The van der Waals surface area contributed by atoms with Crippen molar-refractivity contribution in [3.05, 3.63) is 59.2 Å². The number of Topliss-reactive ketones (excluding diaryl/α,β-unsaturated/α-hetero) is 1. The van der Waals surface area contributed by atoms with Crippen LogP contribution in [0.3, 0.4) is 0 Å². The van der Waals surface area contributed by atoms with Crippen LogP contribution in [0.4, 0.5) is 4.39 Å². The molecule has 1 aromatic heterocycles. The number of aryl methyl sites for hydroxylation is 1. The molecule has 1 amide bonds. The van der Waals surface area contributed by atoms with Crippen LogP contribution in [0.5, 0.6) is 0 Å². The zero-order valence-electron chi connectivity index (χ0n) is 13.3. The molecule has 0 aliphatic rings. The lowest BCUT2D eigenvalue weighted by Gasteiger charge is -2.07. The van der Waals surface area contributed by atoms with Crippen molar-refractivity contribution in [2.75, 3.05) is 6.61 Å². The summed E-state index contributed by atoms with van der Waals surface area (Å²) in [6.45, 7) is 1.16. The van der Waals surface area contributed by atoms with Gasteiger partial charge in [0.15, 0.2) is 12.4 Å². The summed E-state index contributed by atoms with van der Waals surface area (Å²) in [7, 11) is 1.61. The van der Waals surface area contributed by atoms with Crippen LogP contribution in [0.1, 0.15) is 33.3 Å². The maximum atomic E-state index is 12.8. The van der Waals surface area contributed by atoms with E-state index < -0.39 is 18.5 Å². The lowest BCUT2D eigenvalue weighted by Crippen LogP contribution is -2.28. The number of amides is 1. The third kappa shape index (κ3) is 4.52. The van der Waals surface area contributed by atoms with Crippen LogP contribution < -0.4 is 5.32 Å². The number of ether oxygens (including phenoxy) is 1. The predicted octanol–water partition coefficient (Wildman–Crippen LogP) is 1.84. The molecule has 6 nitrogen and oxygen atoms in total. The van der Waals surface area contributed by atoms with Crippen molar-refractivity contribution < 1.29 is 23.5 Å². The molecule has 0 aliphatic heterocycles. The van der Waals surface area contributed by atoms with Crippen molar-refractivity contribution in [1.82, 2.24) is 9.88 Å². The summed E-state index contributed by atoms with van der Waals surface area (Å²) >= 11 is 0. The SMILES string of the molecule is CC(=O)c1cc(C(=O)OCC(=O)NCc2ccc(F)cc2)n(C)c1. The lowest BCUT2D eigenvalue weighted by molar-refractivity contribution is -0.124. The molecular formula is C17H17FN2O4. The Hall–Kier alpha value is -2.96. The topological polar surface area (TPSA) is 77.4 Å². The Labute approximate surface area is 138 Å². The zero-order valence-corrected chi connectivity index (χ0v) is 13.3. The van der Waals surface area contributed by atoms with Crippen molar-refractivity contribution in [3.63, 3.8) is 0 Å². The number of hydrogen-bond donors (Lipinski definition) is 1. The first-order valence-corrected chi connectivity index (χ1v) is 7.22. The second kappa shape index (κ2) is 7.54. The zero-order chi connectivity index (χ0) is 17.7. The molecule has 1 aromatic carbocycles. The van der Waals surface area contributed by atoms with E-state index in [0.717, 1.165) is 5.56 Å². The molecule has 2 rings (SSSR count). The summed E-state index contributed by atoms with van der Waals surface area (Å²) < 4.78 is 19.2. The van der Waals surface area contributed by atoms with E-state index >= 15 is 0 Å². The lowest BCUT2D eigenvalue weighted by atomic mass is 10.2. The van der Waals surface area contributed by atoms with Crippen LogP contribution in [0.2, 0.25) is 0 Å². The highest BCUT2D eigenvalue weighted by Gasteiger charge is 2.16. The van der Waals surface area contributed by atoms with E-state index in [2.05, 4.69) is 5.32 Å². The van der Waals surface area contributed by atoms with Gasteiger partial charge in [-0.3, -0.25) is 9.59 Å². The van der Waals surface area contributed by atoms with Gasteiger partial charge in [0.1, 0.15) is 11.5 Å². The van der Waals surface area contributed by atoms with Crippen molar-refractivity contribution in [2.24, 2.45) is 7.05 Å². The molecule has 1 heterocycles. The highest BCUT2D eigenvalue weighted by Crippen LogP contribution is 2.09. The normalized spacial score (nSPS) is 10.3. The number of carbonyl (C=O) groups excluding carboxylic acids is 3. The highest BCUT2D eigenvalue weighted by molar-refractivity contribution is 5.98. The first kappa shape index (κ1) is 17.4. The Morgan fingerprint density at radius 3 is 2.46 bits per heavy atom. The van der Waals surface area contributed by atoms with Crippen LogP contribution in [0.25, 0.3) is 0 Å². The second-order valence-electron chi connectivity index (χ2n) is 5.26. The summed E-state index contributed by atoms with van der Waals surface area (Å²) in [6, 6.07) is 7.11. The Bertz CT molecular complexity index is 765. The minimum absolute atomic E-state index is 0.165. The van der Waals surface area contributed by atoms with Gasteiger partial charge in [-0.05, 0) is 30.7 Å². The third-order valence-corrected chi connectivity index (χ3v) is 3.36. The van der Waals surface area contributed by atoms with Gasteiger partial charge in [0, 0.05) is 25.4 Å². The summed E-state index contributed by atoms with van der Waals surface area (Å²) in [5.74, 6) is -1.69. The van der Waals surface area contributed by atoms with E-state index in [9.17, 15) is 18.8 Å². The fourth-order valence-corrected chi connectivity index (χ4v) is 2.02. The standard InChI is InChI=1S/C17H17FN2O4/c1-11(21)13-7-15(20(2)9-13)17(23)24-10-16(22)19-8-12-3-5-14(18)6-4-12/h3-7,9H,8,10H2,1-2H3,(H,19,22). The number of carbonyl (C=O) groups is 3. The molecule has 0 bridgehead atoms. The maximum absolute atomic E-state index is 12.8. The molecule has 0 fully saturated rings. The number of nitrogens with one attached hydrogen (secondary N) is 1. The van der Waals surface area contributed by atoms with Crippen molar-refractivity contribution in [3.8, 4) is 0 Å². The van der Waals surface area contributed by atoms with Crippen molar-refractivity contribution in [1.29, 1.82) is 0 Å². The van der Waals surface area contributed by atoms with E-state index in [4.69, 9.17) is 4.74 Å². The summed E-state index contributed by atoms with van der Waals surface area (Å²) in [6.07, 6.45) is 1.52. The smallest absolute Gasteiger partial charge is 0.355 e. The van der Waals surface area contributed by atoms with Gasteiger partial charge in [-0.2, -0.15) is 0 Å². The first-order chi connectivity index (χ1) is 11.4. The van der Waals surface area contributed by atoms with Crippen LogP contribution in [-0.4, -0.2) is 28.8 Å². The van der Waals surface area contributed by atoms with Gasteiger partial charge >= 0.3 is 5.97 Å². The van der Waals surface area contributed by atoms with Crippen LogP contribution in [0, 0.1) is 5.82 Å². The second-order valence-corrected chi connectivity index (χ2v) is 5.26. The Kier molecular flexibility index (Phi) is 5.47. The quantitative estimate of drug-likeness (QED) is 0.647. The van der Waals surface area contributed by atoms with Gasteiger partial charge in [-0.15, -0.1) is 0 Å². The highest BCUT2D eigenvalue weighted by atomic mass is 19.1. The summed E-state index contributed by atoms with van der Waals surface area (Å²) in [4.78, 5) is 34.9. The van der Waals surface area contributed by atoms with Crippen LogP contribution in [0.15, 0.2) is 36.5 Å². The van der Waals surface area contributed by atoms with E-state index in [1.54, 1.807) is 19.2 Å². The van der Waals surface area contributed by atoms with Gasteiger partial charge in [0.05, 0.1) is 0 Å². The van der Waals surface area contributed by atoms with Crippen LogP contribution in [-0.2, 0) is 23.1 Å². The van der Waals surface area contributed by atoms with Gasteiger partial charge in [0.25, 0.3) is 5.91 Å². The Balaban J connectivity index is 1.84. The molecule has 0 unspecified atom stereocenters. The van der Waals surface area contributed by atoms with Crippen molar-refractivity contribution >= 4 is 17.7 Å². The molecule has 1 N–H and O–H groups in total. The van der Waals surface area contributed by atoms with Gasteiger partial charge in [-0.25, -0.2) is 9.18 Å². The van der Waals surface area contributed by atoms with Gasteiger partial charge in [-0.1, -0.05) is 12.1 Å². The predicted molar refractivity (Wildman–Crippen MR) is 83.9 cm³/mol. The number of nitrogens with zero attached hydrogens (tertiary/aromatic N) is 1. The van der Waals surface area contributed by atoms with Gasteiger partial charge in [0.2, 0.25) is 0 Å². The van der Waals surface area contributed by atoms with E-state index in [1.807, 2.05) is 0 Å². The maximum Gasteiger partial charge on any atom is 0.355 e. The van der Waals surface area contributed by atoms with E-state index in [-0.39, 0.29) is 23.8 Å². The molecule has 24 heavy (non-hydrogen) atoms. The van der Waals surface area contributed by atoms with Crippen molar-refractivity contribution in [2.45, 2.75) is 13.5 Å². The molecule has 126 valence electrons. The molecule has 0 saturated carbocycles. The molecule has 0 atom stereocenters. The van der Waals surface area contributed by atoms with Crippen LogP contribution >= 0.6 is 0 Å². The number of benzene rings is 1. The molecule has 2 aromatic rings.